The largest absolute Gasteiger partial charge is 0.397 e. The quantitative estimate of drug-likeness (QED) is 0.370. The highest BCUT2D eigenvalue weighted by atomic mass is 35.5. The molecule has 1 unspecified atom stereocenters. The van der Waals surface area contributed by atoms with Crippen molar-refractivity contribution in [3.8, 4) is 0 Å². The zero-order valence-corrected chi connectivity index (χ0v) is 17.6. The van der Waals surface area contributed by atoms with Crippen molar-refractivity contribution in [3.63, 3.8) is 0 Å². The second kappa shape index (κ2) is 9.23. The van der Waals surface area contributed by atoms with E-state index in [1.165, 1.54) is 12.3 Å². The summed E-state index contributed by atoms with van der Waals surface area (Å²) in [5.74, 6) is 0. The zero-order chi connectivity index (χ0) is 20.1. The first-order chi connectivity index (χ1) is 11.9. The van der Waals surface area contributed by atoms with Gasteiger partial charge in [0.25, 0.3) is 0 Å². The molecule has 0 bridgehead atoms. The number of rotatable bonds is 9. The lowest BCUT2D eigenvalue weighted by Gasteiger charge is -2.24. The molecular weight excluding hydrogens is 400 g/mol. The Labute approximate surface area is 161 Å². The predicted octanol–water partition coefficient (Wildman–Crippen LogP) is 0.895. The Morgan fingerprint density at radius 2 is 1.85 bits per heavy atom. The maximum Gasteiger partial charge on any atom is 0.242 e. The number of halogens is 1. The third-order valence-electron chi connectivity index (χ3n) is 3.68. The van der Waals surface area contributed by atoms with Crippen molar-refractivity contribution in [2.75, 3.05) is 20.6 Å². The van der Waals surface area contributed by atoms with E-state index in [1.54, 1.807) is 19.0 Å². The molecule has 150 valence electrons. The van der Waals surface area contributed by atoms with E-state index >= 15 is 0 Å². The minimum atomic E-state index is -4.29. The van der Waals surface area contributed by atoms with Crippen molar-refractivity contribution in [2.24, 2.45) is 10.9 Å². The number of sulfonamides is 2. The predicted molar refractivity (Wildman–Crippen MR) is 105 cm³/mol. The first-order valence-electron chi connectivity index (χ1n) is 8.18. The van der Waals surface area contributed by atoms with E-state index in [4.69, 9.17) is 22.5 Å². The van der Waals surface area contributed by atoms with Gasteiger partial charge < -0.3 is 10.6 Å². The highest BCUT2D eigenvalue weighted by molar-refractivity contribution is 7.94. The van der Waals surface area contributed by atoms with E-state index in [9.17, 15) is 16.8 Å². The van der Waals surface area contributed by atoms with Gasteiger partial charge in [0.15, 0.2) is 0 Å². The minimum Gasteiger partial charge on any atom is -0.397 e. The Kier molecular flexibility index (Phi) is 8.15. The zero-order valence-electron chi connectivity index (χ0n) is 15.2. The van der Waals surface area contributed by atoms with Gasteiger partial charge in [0.05, 0.1) is 11.1 Å². The third kappa shape index (κ3) is 5.98. The molecule has 0 aromatic carbocycles. The van der Waals surface area contributed by atoms with Crippen LogP contribution in [0.4, 0.5) is 0 Å². The molecule has 0 heterocycles. The number of hydrogen-bond donors (Lipinski definition) is 3. The monoisotopic (exact) mass is 426 g/mol. The molecule has 0 amide bonds. The Bertz CT molecular complexity index is 815. The molecule has 0 spiro atoms. The molecule has 0 aromatic rings. The summed E-state index contributed by atoms with van der Waals surface area (Å²) in [6.45, 7) is 2.28. The number of nitrogens with one attached hydrogen (secondary N) is 1. The van der Waals surface area contributed by atoms with E-state index in [2.05, 4.69) is 11.6 Å². The molecule has 0 fully saturated rings. The lowest BCUT2D eigenvalue weighted by Crippen LogP contribution is -2.35. The van der Waals surface area contributed by atoms with Crippen molar-refractivity contribution in [2.45, 2.75) is 38.0 Å². The summed E-state index contributed by atoms with van der Waals surface area (Å²) < 4.78 is 51.5. The van der Waals surface area contributed by atoms with E-state index in [1.807, 2.05) is 0 Å². The van der Waals surface area contributed by atoms with Crippen molar-refractivity contribution in [1.82, 2.24) is 9.62 Å². The van der Waals surface area contributed by atoms with E-state index < -0.39 is 36.0 Å². The second-order valence-corrected chi connectivity index (χ2v) is 9.95. The Morgan fingerprint density at radius 1 is 1.23 bits per heavy atom. The average Bonchev–Trinajstić information content (AvgIpc) is 2.48. The summed E-state index contributed by atoms with van der Waals surface area (Å²) >= 11 is 6.20. The normalized spacial score (nSPS) is 20.4. The van der Waals surface area contributed by atoms with Gasteiger partial charge >= 0.3 is 0 Å². The van der Waals surface area contributed by atoms with Gasteiger partial charge in [-0.1, -0.05) is 26.2 Å². The van der Waals surface area contributed by atoms with Crippen LogP contribution in [0.5, 0.6) is 0 Å². The topological polar surface area (TPSA) is 136 Å². The third-order valence-corrected chi connectivity index (χ3v) is 6.85. The SMILES string of the molecule is CCCCCCNS(=O)(=O)C1=CC(=CN(C)C)C(Cl)C(S(N)(=O)=O)=C1N. The van der Waals surface area contributed by atoms with Gasteiger partial charge in [-0.3, -0.25) is 0 Å². The summed E-state index contributed by atoms with van der Waals surface area (Å²) in [6, 6.07) is 0. The van der Waals surface area contributed by atoms with E-state index in [0.29, 0.717) is 6.42 Å². The van der Waals surface area contributed by atoms with Gasteiger partial charge in [0.2, 0.25) is 20.0 Å². The number of hydrogen-bond acceptors (Lipinski definition) is 6. The smallest absolute Gasteiger partial charge is 0.242 e. The first-order valence-corrected chi connectivity index (χ1v) is 11.6. The highest BCUT2D eigenvalue weighted by Crippen LogP contribution is 2.34. The Balaban J connectivity index is 3.29. The number of nitrogens with two attached hydrogens (primary N) is 2. The fourth-order valence-corrected chi connectivity index (χ4v) is 5.24. The van der Waals surface area contributed by atoms with Crippen molar-refractivity contribution in [1.29, 1.82) is 0 Å². The fourth-order valence-electron chi connectivity index (χ4n) is 2.47. The molecule has 1 atom stereocenters. The number of unbranched alkanes of at least 4 members (excludes halogenated alkanes) is 3. The van der Waals surface area contributed by atoms with E-state index in [-0.39, 0.29) is 17.0 Å². The summed E-state index contributed by atoms with van der Waals surface area (Å²) in [7, 11) is -4.91. The van der Waals surface area contributed by atoms with Crippen molar-refractivity contribution >= 4 is 31.6 Å². The van der Waals surface area contributed by atoms with E-state index in [0.717, 1.165) is 19.3 Å². The fraction of sp³-hybridized carbons (Fsp3) is 0.600. The molecule has 1 aliphatic carbocycles. The maximum atomic E-state index is 12.6. The Hall–Kier alpha value is -1.07. The Morgan fingerprint density at radius 3 is 2.35 bits per heavy atom. The standard InChI is InChI=1S/C15H27ClN4O4S2/c1-4-5-6-7-8-19-26(23,24)12-9-11(10-20(2)3)13(16)15(14(12)17)25(18,21)22/h9-10,13,19H,4-8,17H2,1-3H3,(H2,18,21,22). The van der Waals surface area contributed by atoms with Crippen LogP contribution < -0.4 is 15.6 Å². The molecule has 1 aliphatic rings. The molecule has 0 saturated heterocycles. The highest BCUT2D eigenvalue weighted by Gasteiger charge is 2.36. The molecule has 0 aromatic heterocycles. The average molecular weight is 427 g/mol. The molecule has 0 aliphatic heterocycles. The van der Waals surface area contributed by atoms with Crippen LogP contribution >= 0.6 is 11.6 Å². The van der Waals surface area contributed by atoms with Crippen molar-refractivity contribution in [3.05, 3.63) is 33.4 Å². The second-order valence-electron chi connectivity index (χ2n) is 6.25. The van der Waals surface area contributed by atoms with Gasteiger partial charge in [-0.05, 0) is 18.1 Å². The lowest BCUT2D eigenvalue weighted by atomic mass is 10.1. The van der Waals surface area contributed by atoms with Crippen LogP contribution in [-0.4, -0.2) is 47.8 Å². The first kappa shape index (κ1) is 23.0. The molecule has 0 saturated carbocycles. The van der Waals surface area contributed by atoms with Gasteiger partial charge in [0, 0.05) is 26.8 Å². The van der Waals surface area contributed by atoms with Crippen LogP contribution in [0.25, 0.3) is 0 Å². The van der Waals surface area contributed by atoms with Crippen LogP contribution in [0.2, 0.25) is 0 Å². The number of allylic oxidation sites excluding steroid dienone is 3. The van der Waals surface area contributed by atoms with Crippen molar-refractivity contribution < 1.29 is 16.8 Å². The van der Waals surface area contributed by atoms with Crippen LogP contribution in [0, 0.1) is 0 Å². The van der Waals surface area contributed by atoms with Gasteiger partial charge in [-0.2, -0.15) is 0 Å². The number of nitrogens with zero attached hydrogens (tertiary/aromatic N) is 1. The van der Waals surface area contributed by atoms with Gasteiger partial charge in [0.1, 0.15) is 9.81 Å². The number of primary sulfonamides is 1. The summed E-state index contributed by atoms with van der Waals surface area (Å²) in [6.07, 6.45) is 6.39. The lowest BCUT2D eigenvalue weighted by molar-refractivity contribution is 0.557. The van der Waals surface area contributed by atoms with Crippen LogP contribution in [0.3, 0.4) is 0 Å². The minimum absolute atomic E-state index is 0.231. The summed E-state index contributed by atoms with van der Waals surface area (Å²) in [4.78, 5) is 0.759. The summed E-state index contributed by atoms with van der Waals surface area (Å²) in [5.41, 5.74) is 5.65. The maximum absolute atomic E-state index is 12.6. The van der Waals surface area contributed by atoms with Crippen LogP contribution in [-0.2, 0) is 20.0 Å². The van der Waals surface area contributed by atoms with Gasteiger partial charge in [-0.25, -0.2) is 26.7 Å². The molecule has 0 radical (unpaired) electrons. The molecule has 8 nitrogen and oxygen atoms in total. The number of alkyl halides is 1. The molecule has 5 N–H and O–H groups in total. The van der Waals surface area contributed by atoms with Crippen LogP contribution in [0.1, 0.15) is 32.6 Å². The molecule has 26 heavy (non-hydrogen) atoms. The van der Waals surface area contributed by atoms with Crippen LogP contribution in [0.15, 0.2) is 33.4 Å². The van der Waals surface area contributed by atoms with Gasteiger partial charge in [-0.15, -0.1) is 11.6 Å². The molecular formula is C15H27ClN4O4S2. The summed E-state index contributed by atoms with van der Waals surface area (Å²) in [5, 5.41) is 4.04. The molecule has 11 heteroatoms. The molecule has 1 rings (SSSR count).